The van der Waals surface area contributed by atoms with E-state index in [4.69, 9.17) is 0 Å². The highest BCUT2D eigenvalue weighted by Crippen LogP contribution is 2.52. The van der Waals surface area contributed by atoms with Gasteiger partial charge in [-0.1, -0.05) is 29.8 Å². The molecule has 0 unspecified atom stereocenters. The van der Waals surface area contributed by atoms with Gasteiger partial charge in [-0.15, -0.1) is 0 Å². The van der Waals surface area contributed by atoms with Crippen molar-refractivity contribution in [3.05, 3.63) is 35.4 Å². The molecule has 0 aromatic heterocycles. The highest BCUT2D eigenvalue weighted by molar-refractivity contribution is 5.85. The molecule has 1 aliphatic heterocycles. The van der Waals surface area contributed by atoms with Crippen molar-refractivity contribution >= 4 is 11.9 Å². The van der Waals surface area contributed by atoms with Gasteiger partial charge in [0.15, 0.2) is 0 Å². The van der Waals surface area contributed by atoms with Crippen molar-refractivity contribution < 1.29 is 19.6 Å². The zero-order chi connectivity index (χ0) is 18.3. The van der Waals surface area contributed by atoms with Crippen LogP contribution < -0.4 is 10.0 Å². The number of hydrogen-bond acceptors (Lipinski definition) is 3. The second-order valence-electron chi connectivity index (χ2n) is 8.44. The Balaban J connectivity index is 1.35. The molecule has 3 aliphatic rings. The molecule has 4 rings (SSSR count). The van der Waals surface area contributed by atoms with Gasteiger partial charge in [-0.05, 0) is 38.0 Å². The topological polar surface area (TPSA) is 64.9 Å². The summed E-state index contributed by atoms with van der Waals surface area (Å²) in [7, 11) is 0. The van der Waals surface area contributed by atoms with Gasteiger partial charge in [-0.3, -0.25) is 4.79 Å². The molecule has 5 heteroatoms. The van der Waals surface area contributed by atoms with Crippen molar-refractivity contribution in [1.82, 2.24) is 4.90 Å². The minimum Gasteiger partial charge on any atom is -0.550 e. The molecule has 1 amide bonds. The lowest BCUT2D eigenvalue weighted by Crippen LogP contribution is -3.13. The van der Waals surface area contributed by atoms with E-state index in [1.165, 1.54) is 16.0 Å². The molecule has 26 heavy (non-hydrogen) atoms. The quantitative estimate of drug-likeness (QED) is 0.801. The molecule has 5 nitrogen and oxygen atoms in total. The van der Waals surface area contributed by atoms with E-state index in [0.717, 1.165) is 52.0 Å². The van der Waals surface area contributed by atoms with Crippen LogP contribution in [0.25, 0.3) is 0 Å². The van der Waals surface area contributed by atoms with Crippen molar-refractivity contribution in [2.24, 2.45) is 23.7 Å². The first-order chi connectivity index (χ1) is 12.5. The van der Waals surface area contributed by atoms with Crippen molar-refractivity contribution in [2.75, 3.05) is 26.2 Å². The van der Waals surface area contributed by atoms with E-state index in [9.17, 15) is 14.7 Å². The van der Waals surface area contributed by atoms with Gasteiger partial charge in [0.05, 0.1) is 26.2 Å². The fraction of sp³-hybridized carbons (Fsp3) is 0.619. The third-order valence-corrected chi connectivity index (χ3v) is 6.83. The van der Waals surface area contributed by atoms with Gasteiger partial charge in [0.25, 0.3) is 0 Å². The third-order valence-electron chi connectivity index (χ3n) is 6.83. The smallest absolute Gasteiger partial charge is 0.227 e. The van der Waals surface area contributed by atoms with Gasteiger partial charge in [-0.2, -0.15) is 0 Å². The Labute approximate surface area is 155 Å². The number of rotatable bonds is 4. The predicted molar refractivity (Wildman–Crippen MR) is 95.0 cm³/mol. The Morgan fingerprint density at radius 2 is 1.69 bits per heavy atom. The number of aryl methyl sites for hydroxylation is 1. The number of aliphatic carboxylic acids is 1. The Bertz CT molecular complexity index is 679. The van der Waals surface area contributed by atoms with Crippen molar-refractivity contribution in [2.45, 2.75) is 32.7 Å². The summed E-state index contributed by atoms with van der Waals surface area (Å²) in [5.74, 6) is -1.42. The molecule has 140 valence electrons. The van der Waals surface area contributed by atoms with E-state index in [1.807, 2.05) is 4.90 Å². The largest absolute Gasteiger partial charge is 0.550 e. The van der Waals surface area contributed by atoms with Crippen LogP contribution in [0.1, 0.15) is 30.4 Å². The van der Waals surface area contributed by atoms with Crippen LogP contribution in [0.2, 0.25) is 0 Å². The summed E-state index contributed by atoms with van der Waals surface area (Å²) in [5.41, 5.74) is 2.60. The lowest BCUT2D eigenvalue weighted by Gasteiger charge is -2.38. The molecular formula is C21H28N2O3. The number of carboxylic acid groups (broad SMARTS) is 1. The van der Waals surface area contributed by atoms with Crippen LogP contribution in [0.4, 0.5) is 0 Å². The molecule has 0 spiro atoms. The van der Waals surface area contributed by atoms with E-state index in [2.05, 4.69) is 31.2 Å². The fourth-order valence-corrected chi connectivity index (χ4v) is 5.41. The molecule has 2 bridgehead atoms. The standard InChI is InChI=1S/C21H28N2O3/c1-14-2-4-15(5-3-14)13-22-8-10-23(11-9-22)20(24)18-16-6-7-17(12-16)19(18)21(25)26/h2-5,16-19H,6-13H2,1H3,(H,25,26)/t16-,17+,18-,19+/m1/s1. The number of carboxylic acids is 1. The monoisotopic (exact) mass is 356 g/mol. The summed E-state index contributed by atoms with van der Waals surface area (Å²) in [5, 5.41) is 11.6. The molecule has 4 atom stereocenters. The summed E-state index contributed by atoms with van der Waals surface area (Å²) in [6.45, 7) is 6.39. The van der Waals surface area contributed by atoms with Gasteiger partial charge in [0.1, 0.15) is 6.54 Å². The van der Waals surface area contributed by atoms with E-state index in [-0.39, 0.29) is 23.7 Å². The summed E-state index contributed by atoms with van der Waals surface area (Å²) in [4.78, 5) is 28.0. The van der Waals surface area contributed by atoms with Gasteiger partial charge >= 0.3 is 0 Å². The molecule has 0 radical (unpaired) electrons. The lowest BCUT2D eigenvalue weighted by molar-refractivity contribution is -0.917. The zero-order valence-corrected chi connectivity index (χ0v) is 15.4. The SMILES string of the molecule is Cc1ccc(C[NH+]2CCN(C(=O)[C@@H]3[C@@H]4CC[C@@H](C4)[C@@H]3C(=O)[O-])CC2)cc1. The molecule has 1 saturated heterocycles. The van der Waals surface area contributed by atoms with Crippen LogP contribution in [0.5, 0.6) is 0 Å². The van der Waals surface area contributed by atoms with Crippen molar-refractivity contribution in [3.8, 4) is 0 Å². The first-order valence-corrected chi connectivity index (χ1v) is 9.91. The molecule has 3 fully saturated rings. The predicted octanol–water partition coefficient (Wildman–Crippen LogP) is -0.366. The zero-order valence-electron chi connectivity index (χ0n) is 15.4. The molecular weight excluding hydrogens is 328 g/mol. The fourth-order valence-electron chi connectivity index (χ4n) is 5.41. The minimum absolute atomic E-state index is 0.0702. The van der Waals surface area contributed by atoms with Gasteiger partial charge in [0.2, 0.25) is 5.91 Å². The van der Waals surface area contributed by atoms with Crippen LogP contribution in [0, 0.1) is 30.6 Å². The van der Waals surface area contributed by atoms with E-state index >= 15 is 0 Å². The van der Waals surface area contributed by atoms with Crippen molar-refractivity contribution in [3.63, 3.8) is 0 Å². The summed E-state index contributed by atoms with van der Waals surface area (Å²) in [6.07, 6.45) is 2.85. The Hall–Kier alpha value is -1.88. The normalized spacial score (nSPS) is 31.3. The van der Waals surface area contributed by atoms with Crippen molar-refractivity contribution in [1.29, 1.82) is 0 Å². The van der Waals surface area contributed by atoms with Gasteiger partial charge < -0.3 is 19.7 Å². The Morgan fingerprint density at radius 1 is 1.08 bits per heavy atom. The highest BCUT2D eigenvalue weighted by Gasteiger charge is 2.52. The number of carbonyl (C=O) groups excluding carboxylic acids is 2. The summed E-state index contributed by atoms with van der Waals surface area (Å²) >= 11 is 0. The van der Waals surface area contributed by atoms with Gasteiger partial charge in [-0.25, -0.2) is 0 Å². The maximum Gasteiger partial charge on any atom is 0.227 e. The second-order valence-corrected chi connectivity index (χ2v) is 8.44. The molecule has 2 saturated carbocycles. The number of piperazine rings is 1. The average molecular weight is 356 g/mol. The number of nitrogens with one attached hydrogen (secondary N) is 1. The van der Waals surface area contributed by atoms with Crippen LogP contribution in [-0.4, -0.2) is 43.0 Å². The van der Waals surface area contributed by atoms with E-state index < -0.39 is 11.9 Å². The number of nitrogens with zero attached hydrogens (tertiary/aromatic N) is 1. The number of fused-ring (bicyclic) bond motifs is 2. The summed E-state index contributed by atoms with van der Waals surface area (Å²) in [6, 6.07) is 8.65. The minimum atomic E-state index is -1.01. The van der Waals surface area contributed by atoms with E-state index in [1.54, 1.807) is 0 Å². The first-order valence-electron chi connectivity index (χ1n) is 9.91. The number of amides is 1. The molecule has 1 aromatic carbocycles. The Morgan fingerprint density at radius 3 is 2.31 bits per heavy atom. The van der Waals surface area contributed by atoms with E-state index in [0.29, 0.717) is 0 Å². The molecule has 2 aliphatic carbocycles. The summed E-state index contributed by atoms with van der Waals surface area (Å²) < 4.78 is 0. The van der Waals surface area contributed by atoms with Crippen LogP contribution >= 0.6 is 0 Å². The molecule has 1 N–H and O–H groups in total. The number of quaternary nitrogens is 1. The van der Waals surface area contributed by atoms with Crippen LogP contribution in [-0.2, 0) is 16.1 Å². The maximum absolute atomic E-state index is 13.0. The van der Waals surface area contributed by atoms with Gasteiger partial charge in [0, 0.05) is 23.4 Å². The lowest BCUT2D eigenvalue weighted by atomic mass is 9.78. The van der Waals surface area contributed by atoms with Crippen LogP contribution in [0.15, 0.2) is 24.3 Å². The highest BCUT2D eigenvalue weighted by atomic mass is 16.4. The molecule has 1 heterocycles. The third kappa shape index (κ3) is 3.25. The number of benzene rings is 1. The Kier molecular flexibility index (Phi) is 4.74. The maximum atomic E-state index is 13.0. The molecule has 1 aromatic rings. The second kappa shape index (κ2) is 7.03. The average Bonchev–Trinajstić information content (AvgIpc) is 3.25. The number of carbonyl (C=O) groups is 2. The first kappa shape index (κ1) is 17.5. The number of hydrogen-bond donors (Lipinski definition) is 1. The van der Waals surface area contributed by atoms with Crippen LogP contribution in [0.3, 0.4) is 0 Å².